The van der Waals surface area contributed by atoms with Crippen LogP contribution in [0.3, 0.4) is 0 Å². The first-order valence-electron chi connectivity index (χ1n) is 7.06. The SMILES string of the molecule is O=C(Nc1ccccc1-c1ccccc1)c1cc(Cl)ccc1I. The van der Waals surface area contributed by atoms with Gasteiger partial charge in [0.2, 0.25) is 0 Å². The topological polar surface area (TPSA) is 29.1 Å². The molecule has 0 atom stereocenters. The summed E-state index contributed by atoms with van der Waals surface area (Å²) in [4.78, 5) is 12.6. The van der Waals surface area contributed by atoms with E-state index in [9.17, 15) is 4.79 Å². The van der Waals surface area contributed by atoms with Crippen molar-refractivity contribution >= 4 is 45.8 Å². The minimum absolute atomic E-state index is 0.166. The van der Waals surface area contributed by atoms with Crippen molar-refractivity contribution in [2.24, 2.45) is 0 Å². The fourth-order valence-corrected chi connectivity index (χ4v) is 3.08. The Labute approximate surface area is 153 Å². The fourth-order valence-electron chi connectivity index (χ4n) is 2.32. The number of anilines is 1. The number of para-hydroxylation sites is 1. The maximum Gasteiger partial charge on any atom is 0.256 e. The highest BCUT2D eigenvalue weighted by molar-refractivity contribution is 14.1. The summed E-state index contributed by atoms with van der Waals surface area (Å²) in [6, 6.07) is 23.0. The molecule has 2 nitrogen and oxygen atoms in total. The predicted molar refractivity (Wildman–Crippen MR) is 104 cm³/mol. The second-order valence-corrected chi connectivity index (χ2v) is 6.59. The van der Waals surface area contributed by atoms with Gasteiger partial charge in [-0.05, 0) is 52.4 Å². The standard InChI is InChI=1S/C19H13ClINO/c20-14-10-11-17(21)16(12-14)19(23)22-18-9-5-4-8-15(18)13-6-2-1-3-7-13/h1-12H,(H,22,23). The summed E-state index contributed by atoms with van der Waals surface area (Å²) in [5.41, 5.74) is 3.39. The van der Waals surface area contributed by atoms with E-state index in [1.54, 1.807) is 12.1 Å². The number of hydrogen-bond acceptors (Lipinski definition) is 1. The van der Waals surface area contributed by atoms with E-state index in [0.29, 0.717) is 10.6 Å². The van der Waals surface area contributed by atoms with Crippen molar-refractivity contribution in [3.63, 3.8) is 0 Å². The molecule has 3 aromatic rings. The van der Waals surface area contributed by atoms with E-state index in [0.717, 1.165) is 20.4 Å². The van der Waals surface area contributed by atoms with Crippen LogP contribution in [0, 0.1) is 3.57 Å². The lowest BCUT2D eigenvalue weighted by Crippen LogP contribution is -2.14. The van der Waals surface area contributed by atoms with Crippen LogP contribution >= 0.6 is 34.2 Å². The van der Waals surface area contributed by atoms with E-state index in [1.165, 1.54) is 0 Å². The summed E-state index contributed by atoms with van der Waals surface area (Å²) in [7, 11) is 0. The fraction of sp³-hybridized carbons (Fsp3) is 0. The molecule has 0 radical (unpaired) electrons. The maximum atomic E-state index is 12.6. The van der Waals surface area contributed by atoms with Gasteiger partial charge < -0.3 is 5.32 Å². The molecular weight excluding hydrogens is 421 g/mol. The zero-order valence-electron chi connectivity index (χ0n) is 12.1. The molecule has 0 aliphatic carbocycles. The Bertz CT molecular complexity index is 849. The first-order valence-corrected chi connectivity index (χ1v) is 8.51. The molecular formula is C19H13ClINO. The number of rotatable bonds is 3. The van der Waals surface area contributed by atoms with Crippen LogP contribution in [0.2, 0.25) is 5.02 Å². The number of halogens is 2. The highest BCUT2D eigenvalue weighted by Crippen LogP contribution is 2.28. The smallest absolute Gasteiger partial charge is 0.256 e. The molecule has 3 aromatic carbocycles. The Kier molecular flexibility index (Phi) is 4.98. The lowest BCUT2D eigenvalue weighted by atomic mass is 10.0. The predicted octanol–water partition coefficient (Wildman–Crippen LogP) is 5.86. The van der Waals surface area contributed by atoms with Gasteiger partial charge in [-0.1, -0.05) is 60.1 Å². The van der Waals surface area contributed by atoms with Gasteiger partial charge in [-0.25, -0.2) is 0 Å². The Balaban J connectivity index is 1.95. The summed E-state index contributed by atoms with van der Waals surface area (Å²) >= 11 is 8.14. The van der Waals surface area contributed by atoms with Gasteiger partial charge in [0.1, 0.15) is 0 Å². The first-order chi connectivity index (χ1) is 11.1. The monoisotopic (exact) mass is 433 g/mol. The average Bonchev–Trinajstić information content (AvgIpc) is 2.58. The van der Waals surface area contributed by atoms with Crippen molar-refractivity contribution in [3.05, 3.63) is 87.0 Å². The van der Waals surface area contributed by atoms with Crippen LogP contribution in [0.15, 0.2) is 72.8 Å². The van der Waals surface area contributed by atoms with Gasteiger partial charge in [0.05, 0.1) is 5.56 Å². The number of carbonyl (C=O) groups is 1. The molecule has 0 fully saturated rings. The van der Waals surface area contributed by atoms with Crippen molar-refractivity contribution in [2.75, 3.05) is 5.32 Å². The van der Waals surface area contributed by atoms with E-state index in [-0.39, 0.29) is 5.91 Å². The van der Waals surface area contributed by atoms with E-state index < -0.39 is 0 Å². The van der Waals surface area contributed by atoms with Crippen molar-refractivity contribution in [3.8, 4) is 11.1 Å². The van der Waals surface area contributed by atoms with Crippen molar-refractivity contribution in [1.29, 1.82) is 0 Å². The number of nitrogens with one attached hydrogen (secondary N) is 1. The van der Waals surface area contributed by atoms with Gasteiger partial charge in [-0.3, -0.25) is 4.79 Å². The van der Waals surface area contributed by atoms with Crippen LogP contribution in [-0.4, -0.2) is 5.91 Å². The zero-order chi connectivity index (χ0) is 16.2. The summed E-state index contributed by atoms with van der Waals surface area (Å²) in [6.07, 6.45) is 0. The molecule has 0 saturated heterocycles. The molecule has 1 amide bonds. The first kappa shape index (κ1) is 16.0. The van der Waals surface area contributed by atoms with Gasteiger partial charge in [0, 0.05) is 19.8 Å². The molecule has 0 aliphatic heterocycles. The number of benzene rings is 3. The molecule has 0 aromatic heterocycles. The molecule has 0 spiro atoms. The normalized spacial score (nSPS) is 10.3. The summed E-state index contributed by atoms with van der Waals surface area (Å²) < 4.78 is 0.863. The van der Waals surface area contributed by atoms with E-state index in [1.807, 2.05) is 60.7 Å². The van der Waals surface area contributed by atoms with Gasteiger partial charge in [-0.2, -0.15) is 0 Å². The maximum absolute atomic E-state index is 12.6. The quantitative estimate of drug-likeness (QED) is 0.515. The molecule has 3 rings (SSSR count). The number of carbonyl (C=O) groups excluding carboxylic acids is 1. The Morgan fingerprint density at radius 2 is 1.61 bits per heavy atom. The highest BCUT2D eigenvalue weighted by atomic mass is 127. The second-order valence-electron chi connectivity index (χ2n) is 4.99. The Morgan fingerprint density at radius 3 is 2.39 bits per heavy atom. The molecule has 114 valence electrons. The van der Waals surface area contributed by atoms with Crippen molar-refractivity contribution in [1.82, 2.24) is 0 Å². The van der Waals surface area contributed by atoms with Crippen LogP contribution in [-0.2, 0) is 0 Å². The number of hydrogen-bond donors (Lipinski definition) is 1. The molecule has 0 heterocycles. The molecule has 4 heteroatoms. The third kappa shape index (κ3) is 3.74. The van der Waals surface area contributed by atoms with Crippen molar-refractivity contribution in [2.45, 2.75) is 0 Å². The van der Waals surface area contributed by atoms with Crippen LogP contribution in [0.4, 0.5) is 5.69 Å². The summed E-state index contributed by atoms with van der Waals surface area (Å²) in [6.45, 7) is 0. The molecule has 0 aliphatic rings. The van der Waals surface area contributed by atoms with Crippen LogP contribution < -0.4 is 5.32 Å². The lowest BCUT2D eigenvalue weighted by molar-refractivity contribution is 0.102. The summed E-state index contributed by atoms with van der Waals surface area (Å²) in [5, 5.41) is 3.54. The van der Waals surface area contributed by atoms with E-state index in [2.05, 4.69) is 27.9 Å². The van der Waals surface area contributed by atoms with Crippen molar-refractivity contribution < 1.29 is 4.79 Å². The Morgan fingerprint density at radius 1 is 0.913 bits per heavy atom. The molecule has 23 heavy (non-hydrogen) atoms. The highest BCUT2D eigenvalue weighted by Gasteiger charge is 2.13. The second kappa shape index (κ2) is 7.15. The third-order valence-corrected chi connectivity index (χ3v) is 4.61. The van der Waals surface area contributed by atoms with Crippen LogP contribution in [0.5, 0.6) is 0 Å². The molecule has 0 unspecified atom stereocenters. The molecule has 0 bridgehead atoms. The van der Waals surface area contributed by atoms with E-state index in [4.69, 9.17) is 11.6 Å². The average molecular weight is 434 g/mol. The zero-order valence-corrected chi connectivity index (χ0v) is 15.0. The van der Waals surface area contributed by atoms with E-state index >= 15 is 0 Å². The molecule has 0 saturated carbocycles. The lowest BCUT2D eigenvalue weighted by Gasteiger charge is -2.12. The minimum Gasteiger partial charge on any atom is -0.321 e. The summed E-state index contributed by atoms with van der Waals surface area (Å²) in [5.74, 6) is -0.166. The van der Waals surface area contributed by atoms with Crippen LogP contribution in [0.25, 0.3) is 11.1 Å². The van der Waals surface area contributed by atoms with Gasteiger partial charge in [-0.15, -0.1) is 0 Å². The van der Waals surface area contributed by atoms with Crippen LogP contribution in [0.1, 0.15) is 10.4 Å². The minimum atomic E-state index is -0.166. The van der Waals surface area contributed by atoms with Gasteiger partial charge in [0.15, 0.2) is 0 Å². The van der Waals surface area contributed by atoms with Gasteiger partial charge in [0.25, 0.3) is 5.91 Å². The van der Waals surface area contributed by atoms with Gasteiger partial charge >= 0.3 is 0 Å². The number of amides is 1. The third-order valence-electron chi connectivity index (χ3n) is 3.43. The Hall–Kier alpha value is -1.85. The molecule has 1 N–H and O–H groups in total. The largest absolute Gasteiger partial charge is 0.321 e.